The number of fused-ring (bicyclic) bond motifs is 1. The van der Waals surface area contributed by atoms with Crippen LogP contribution in [-0.2, 0) is 0 Å². The highest BCUT2D eigenvalue weighted by atomic mass is 16.3. The van der Waals surface area contributed by atoms with Crippen molar-refractivity contribution in [3.8, 4) is 0 Å². The molecule has 4 aliphatic rings. The summed E-state index contributed by atoms with van der Waals surface area (Å²) in [6, 6.07) is 0. The van der Waals surface area contributed by atoms with E-state index in [1.54, 1.807) is 0 Å². The van der Waals surface area contributed by atoms with Gasteiger partial charge >= 0.3 is 0 Å². The van der Waals surface area contributed by atoms with Gasteiger partial charge < -0.3 is 20.6 Å². The van der Waals surface area contributed by atoms with Crippen LogP contribution in [-0.4, -0.2) is 66.3 Å². The third-order valence-corrected chi connectivity index (χ3v) is 4.87. The second-order valence-corrected chi connectivity index (χ2v) is 5.86. The van der Waals surface area contributed by atoms with Crippen LogP contribution in [0.2, 0.25) is 0 Å². The smallest absolute Gasteiger partial charge is 0.0899 e. The SMILES string of the molecule is CC12CN3CCN(CC(C3)C1(O)CN)C2. The minimum Gasteiger partial charge on any atom is -0.388 e. The van der Waals surface area contributed by atoms with E-state index < -0.39 is 5.60 Å². The van der Waals surface area contributed by atoms with E-state index in [4.69, 9.17) is 5.73 Å². The first-order chi connectivity index (χ1) is 7.07. The molecule has 4 heteroatoms. The minimum atomic E-state index is -0.635. The van der Waals surface area contributed by atoms with Crippen molar-refractivity contribution in [2.24, 2.45) is 17.1 Å². The first-order valence-corrected chi connectivity index (χ1v) is 5.95. The molecule has 3 atom stereocenters. The fraction of sp³-hybridized carbons (Fsp3) is 1.00. The van der Waals surface area contributed by atoms with Gasteiger partial charge in [-0.3, -0.25) is 0 Å². The second-order valence-electron chi connectivity index (χ2n) is 5.86. The van der Waals surface area contributed by atoms with Gasteiger partial charge in [0.15, 0.2) is 0 Å². The average Bonchev–Trinajstić information content (AvgIpc) is 2.43. The monoisotopic (exact) mass is 211 g/mol. The Hall–Kier alpha value is -0.160. The number of hydrogen-bond acceptors (Lipinski definition) is 4. The Morgan fingerprint density at radius 1 is 1.27 bits per heavy atom. The molecule has 3 unspecified atom stereocenters. The lowest BCUT2D eigenvalue weighted by Gasteiger charge is -2.59. The van der Waals surface area contributed by atoms with Gasteiger partial charge in [-0.25, -0.2) is 0 Å². The number of piperidine rings is 2. The number of nitrogens with two attached hydrogens (primary N) is 1. The van der Waals surface area contributed by atoms with Crippen molar-refractivity contribution in [2.45, 2.75) is 12.5 Å². The summed E-state index contributed by atoms with van der Waals surface area (Å²) in [6.45, 7) is 9.01. The summed E-state index contributed by atoms with van der Waals surface area (Å²) in [5.41, 5.74) is 5.17. The molecule has 0 aliphatic carbocycles. The van der Waals surface area contributed by atoms with Crippen LogP contribution in [0.4, 0.5) is 0 Å². The average molecular weight is 211 g/mol. The molecule has 4 aliphatic heterocycles. The van der Waals surface area contributed by atoms with Gasteiger partial charge in [0.05, 0.1) is 5.60 Å². The molecule has 0 aromatic heterocycles. The zero-order valence-corrected chi connectivity index (χ0v) is 9.45. The van der Waals surface area contributed by atoms with Crippen molar-refractivity contribution in [3.63, 3.8) is 0 Å². The lowest BCUT2D eigenvalue weighted by Crippen LogP contribution is -2.72. The number of nitrogens with zero attached hydrogens (tertiary/aromatic N) is 2. The summed E-state index contributed by atoms with van der Waals surface area (Å²) in [5.74, 6) is 0.345. The Morgan fingerprint density at radius 2 is 1.80 bits per heavy atom. The molecule has 4 bridgehead atoms. The van der Waals surface area contributed by atoms with Gasteiger partial charge in [0, 0.05) is 57.1 Å². The predicted molar refractivity (Wildman–Crippen MR) is 58.5 cm³/mol. The highest BCUT2D eigenvalue weighted by molar-refractivity contribution is 5.13. The first kappa shape index (κ1) is 10.0. The quantitative estimate of drug-likeness (QED) is 0.581. The maximum absolute atomic E-state index is 10.8. The van der Waals surface area contributed by atoms with Crippen LogP contribution >= 0.6 is 0 Å². The molecule has 0 radical (unpaired) electrons. The summed E-state index contributed by atoms with van der Waals surface area (Å²) in [7, 11) is 0. The van der Waals surface area contributed by atoms with E-state index >= 15 is 0 Å². The Balaban J connectivity index is 2.03. The van der Waals surface area contributed by atoms with E-state index in [0.29, 0.717) is 12.5 Å². The molecule has 4 nitrogen and oxygen atoms in total. The van der Waals surface area contributed by atoms with Gasteiger partial charge in [-0.1, -0.05) is 6.92 Å². The Labute approximate surface area is 91.0 Å². The first-order valence-electron chi connectivity index (χ1n) is 5.95. The third-order valence-electron chi connectivity index (χ3n) is 4.87. The zero-order valence-electron chi connectivity index (χ0n) is 9.45. The largest absolute Gasteiger partial charge is 0.388 e. The molecule has 0 amide bonds. The molecular formula is C11H21N3O. The van der Waals surface area contributed by atoms with E-state index in [1.165, 1.54) is 0 Å². The van der Waals surface area contributed by atoms with Crippen molar-refractivity contribution >= 4 is 0 Å². The Kier molecular flexibility index (Phi) is 1.97. The molecule has 0 aromatic rings. The third kappa shape index (κ3) is 1.16. The van der Waals surface area contributed by atoms with Crippen LogP contribution < -0.4 is 5.73 Å². The van der Waals surface area contributed by atoms with Crippen LogP contribution in [0.5, 0.6) is 0 Å². The highest BCUT2D eigenvalue weighted by Crippen LogP contribution is 2.47. The van der Waals surface area contributed by atoms with Gasteiger partial charge in [-0.2, -0.15) is 0 Å². The van der Waals surface area contributed by atoms with Gasteiger partial charge in [-0.05, 0) is 0 Å². The molecule has 0 spiro atoms. The molecule has 0 aromatic carbocycles. The second kappa shape index (κ2) is 2.94. The number of aliphatic hydroxyl groups is 1. The van der Waals surface area contributed by atoms with Crippen LogP contribution in [0, 0.1) is 11.3 Å². The van der Waals surface area contributed by atoms with Gasteiger partial charge in [0.2, 0.25) is 0 Å². The van der Waals surface area contributed by atoms with Crippen LogP contribution in [0.1, 0.15) is 6.92 Å². The van der Waals surface area contributed by atoms with Crippen molar-refractivity contribution < 1.29 is 5.11 Å². The molecule has 0 saturated carbocycles. The fourth-order valence-electron chi connectivity index (χ4n) is 3.95. The summed E-state index contributed by atoms with van der Waals surface area (Å²) in [6.07, 6.45) is 0. The molecule has 15 heavy (non-hydrogen) atoms. The Bertz CT molecular complexity index is 267. The maximum atomic E-state index is 10.8. The molecular weight excluding hydrogens is 190 g/mol. The summed E-state index contributed by atoms with van der Waals surface area (Å²) < 4.78 is 0. The van der Waals surface area contributed by atoms with Crippen LogP contribution in [0.15, 0.2) is 0 Å². The van der Waals surface area contributed by atoms with Crippen molar-refractivity contribution in [1.82, 2.24) is 9.80 Å². The summed E-state index contributed by atoms with van der Waals surface area (Å²) in [4.78, 5) is 5.00. The van der Waals surface area contributed by atoms with Crippen LogP contribution in [0.3, 0.4) is 0 Å². The maximum Gasteiger partial charge on any atom is 0.0899 e. The van der Waals surface area contributed by atoms with Gasteiger partial charge in [0.25, 0.3) is 0 Å². The summed E-state index contributed by atoms with van der Waals surface area (Å²) in [5, 5.41) is 10.8. The topological polar surface area (TPSA) is 52.7 Å². The van der Waals surface area contributed by atoms with Crippen molar-refractivity contribution in [2.75, 3.05) is 45.8 Å². The van der Waals surface area contributed by atoms with Crippen molar-refractivity contribution in [3.05, 3.63) is 0 Å². The predicted octanol–water partition coefficient (Wildman–Crippen LogP) is -1.06. The van der Waals surface area contributed by atoms with Crippen molar-refractivity contribution in [1.29, 1.82) is 0 Å². The molecule has 4 saturated heterocycles. The van der Waals surface area contributed by atoms with E-state index in [1.807, 2.05) is 0 Å². The normalized spacial score (nSPS) is 58.2. The van der Waals surface area contributed by atoms with E-state index in [-0.39, 0.29) is 5.41 Å². The lowest BCUT2D eigenvalue weighted by molar-refractivity contribution is -0.184. The lowest BCUT2D eigenvalue weighted by atomic mass is 9.61. The molecule has 86 valence electrons. The highest BCUT2D eigenvalue weighted by Gasteiger charge is 2.59. The number of rotatable bonds is 1. The number of hydrogen-bond donors (Lipinski definition) is 2. The molecule has 4 rings (SSSR count). The van der Waals surface area contributed by atoms with Gasteiger partial charge in [0.1, 0.15) is 0 Å². The summed E-state index contributed by atoms with van der Waals surface area (Å²) >= 11 is 0. The Morgan fingerprint density at radius 3 is 2.20 bits per heavy atom. The van der Waals surface area contributed by atoms with E-state index in [2.05, 4.69) is 16.7 Å². The molecule has 4 fully saturated rings. The van der Waals surface area contributed by atoms with Crippen LogP contribution in [0.25, 0.3) is 0 Å². The minimum absolute atomic E-state index is 0.0284. The van der Waals surface area contributed by atoms with Gasteiger partial charge in [-0.15, -0.1) is 0 Å². The van der Waals surface area contributed by atoms with E-state index in [9.17, 15) is 5.11 Å². The molecule has 3 N–H and O–H groups in total. The van der Waals surface area contributed by atoms with E-state index in [0.717, 1.165) is 39.3 Å². The standard InChI is InChI=1S/C11H21N3O/c1-10-7-13-2-3-14(8-10)5-9(4-13)11(10,15)6-12/h9,15H,2-8,12H2,1H3. The molecule has 4 heterocycles. The zero-order chi connectivity index (χ0) is 10.7. The fourth-order valence-corrected chi connectivity index (χ4v) is 3.95.